The number of anilines is 1. The van der Waals surface area contributed by atoms with Crippen molar-refractivity contribution in [3.63, 3.8) is 0 Å². The number of nitrogens with zero attached hydrogens (tertiary/aromatic N) is 4. The number of para-hydroxylation sites is 2. The van der Waals surface area contributed by atoms with E-state index in [1.165, 1.54) is 5.56 Å². The van der Waals surface area contributed by atoms with E-state index < -0.39 is 0 Å². The summed E-state index contributed by atoms with van der Waals surface area (Å²) < 4.78 is 1.84. The molecule has 0 saturated carbocycles. The maximum Gasteiger partial charge on any atom is 0.181 e. The zero-order valence-electron chi connectivity index (χ0n) is 14.6. The Morgan fingerprint density at radius 1 is 1.00 bits per heavy atom. The number of benzene rings is 2. The summed E-state index contributed by atoms with van der Waals surface area (Å²) in [5, 5.41) is 16.2. The van der Waals surface area contributed by atoms with E-state index in [2.05, 4.69) is 66.7 Å². The van der Waals surface area contributed by atoms with Gasteiger partial charge < -0.3 is 5.32 Å². The second-order valence-corrected chi connectivity index (χ2v) is 6.33. The molecule has 3 aromatic rings. The minimum atomic E-state index is -0.377. The van der Waals surface area contributed by atoms with E-state index in [4.69, 9.17) is 0 Å². The quantitative estimate of drug-likeness (QED) is 0.771. The summed E-state index contributed by atoms with van der Waals surface area (Å²) in [6.45, 7) is 8.45. The van der Waals surface area contributed by atoms with E-state index in [-0.39, 0.29) is 5.54 Å². The van der Waals surface area contributed by atoms with Gasteiger partial charge in [-0.1, -0.05) is 43.3 Å². The molecule has 0 aliphatic heterocycles. The van der Waals surface area contributed by atoms with Gasteiger partial charge in [0.05, 0.1) is 11.2 Å². The Kier molecular flexibility index (Phi) is 4.34. The first-order valence-electron chi connectivity index (χ1n) is 8.24. The molecule has 124 valence electrons. The predicted octanol–water partition coefficient (Wildman–Crippen LogP) is 4.02. The van der Waals surface area contributed by atoms with E-state index in [9.17, 15) is 0 Å². The lowest BCUT2D eigenvalue weighted by molar-refractivity contribution is 0.474. The van der Waals surface area contributed by atoms with Crippen molar-refractivity contribution < 1.29 is 0 Å². The van der Waals surface area contributed by atoms with Crippen molar-refractivity contribution in [3.8, 4) is 5.69 Å². The molecule has 0 aliphatic carbocycles. The van der Waals surface area contributed by atoms with Crippen molar-refractivity contribution in [2.75, 3.05) is 5.32 Å². The van der Waals surface area contributed by atoms with Gasteiger partial charge in [0.25, 0.3) is 0 Å². The highest BCUT2D eigenvalue weighted by Crippen LogP contribution is 2.30. The Morgan fingerprint density at radius 2 is 1.67 bits per heavy atom. The van der Waals surface area contributed by atoms with E-state index in [1.54, 1.807) is 0 Å². The van der Waals surface area contributed by atoms with Crippen LogP contribution in [0, 0.1) is 13.8 Å². The van der Waals surface area contributed by atoms with Crippen LogP contribution in [0.4, 0.5) is 5.69 Å². The Hall–Kier alpha value is -2.69. The molecule has 0 fully saturated rings. The van der Waals surface area contributed by atoms with Gasteiger partial charge in [0.2, 0.25) is 0 Å². The third-order valence-corrected chi connectivity index (χ3v) is 4.57. The Balaban J connectivity index is 2.05. The topological polar surface area (TPSA) is 55.6 Å². The minimum Gasteiger partial charge on any atom is -0.373 e. The molecule has 0 spiro atoms. The van der Waals surface area contributed by atoms with Gasteiger partial charge in [0, 0.05) is 5.69 Å². The molecule has 5 nitrogen and oxygen atoms in total. The summed E-state index contributed by atoms with van der Waals surface area (Å²) in [5.41, 5.74) is 4.06. The first-order chi connectivity index (χ1) is 11.5. The van der Waals surface area contributed by atoms with Crippen molar-refractivity contribution in [3.05, 3.63) is 65.5 Å². The first kappa shape index (κ1) is 16.2. The van der Waals surface area contributed by atoms with Crippen LogP contribution in [0.3, 0.4) is 0 Å². The largest absolute Gasteiger partial charge is 0.373 e. The number of rotatable bonds is 5. The average molecular weight is 321 g/mol. The zero-order valence-corrected chi connectivity index (χ0v) is 14.6. The van der Waals surface area contributed by atoms with E-state index in [0.717, 1.165) is 29.2 Å². The molecule has 0 saturated heterocycles. The molecule has 2 aromatic carbocycles. The summed E-state index contributed by atoms with van der Waals surface area (Å²) in [7, 11) is 0. The van der Waals surface area contributed by atoms with Crippen molar-refractivity contribution in [1.82, 2.24) is 20.2 Å². The van der Waals surface area contributed by atoms with Crippen molar-refractivity contribution >= 4 is 5.69 Å². The Morgan fingerprint density at radius 3 is 2.33 bits per heavy atom. The highest BCUT2D eigenvalue weighted by molar-refractivity contribution is 5.53. The number of tetrazole rings is 1. The van der Waals surface area contributed by atoms with Gasteiger partial charge in [-0.25, -0.2) is 0 Å². The van der Waals surface area contributed by atoms with Crippen LogP contribution in [-0.2, 0) is 5.54 Å². The normalized spacial score (nSPS) is 13.5. The van der Waals surface area contributed by atoms with Gasteiger partial charge in [-0.15, -0.1) is 5.10 Å². The van der Waals surface area contributed by atoms with Crippen LogP contribution in [0.15, 0.2) is 48.5 Å². The summed E-state index contributed by atoms with van der Waals surface area (Å²) in [6.07, 6.45) is 0.855. The van der Waals surface area contributed by atoms with Crippen LogP contribution in [0.1, 0.15) is 37.2 Å². The SMILES string of the molecule is CC[C@](C)(Nc1ccccc1C)c1nnnn1-c1ccccc1C. The molecule has 24 heavy (non-hydrogen) atoms. The highest BCUT2D eigenvalue weighted by Gasteiger charge is 2.32. The molecule has 3 rings (SSSR count). The molecule has 1 heterocycles. The average Bonchev–Trinajstić information content (AvgIpc) is 3.07. The molecular weight excluding hydrogens is 298 g/mol. The van der Waals surface area contributed by atoms with E-state index in [1.807, 2.05) is 35.0 Å². The monoisotopic (exact) mass is 321 g/mol. The van der Waals surface area contributed by atoms with E-state index in [0.29, 0.717) is 0 Å². The molecular formula is C19H23N5. The van der Waals surface area contributed by atoms with Crippen molar-refractivity contribution in [1.29, 1.82) is 0 Å². The van der Waals surface area contributed by atoms with Gasteiger partial charge in [-0.3, -0.25) is 0 Å². The summed E-state index contributed by atoms with van der Waals surface area (Å²) in [4.78, 5) is 0. The van der Waals surface area contributed by atoms with Crippen LogP contribution in [0.2, 0.25) is 0 Å². The molecule has 0 radical (unpaired) electrons. The number of nitrogens with one attached hydrogen (secondary N) is 1. The molecule has 1 aromatic heterocycles. The van der Waals surface area contributed by atoms with Crippen LogP contribution in [0.25, 0.3) is 5.69 Å². The van der Waals surface area contributed by atoms with Crippen LogP contribution < -0.4 is 5.32 Å². The molecule has 5 heteroatoms. The van der Waals surface area contributed by atoms with Crippen LogP contribution >= 0.6 is 0 Å². The third-order valence-electron chi connectivity index (χ3n) is 4.57. The van der Waals surface area contributed by atoms with Crippen LogP contribution in [-0.4, -0.2) is 20.2 Å². The lowest BCUT2D eigenvalue weighted by atomic mass is 9.96. The minimum absolute atomic E-state index is 0.377. The second-order valence-electron chi connectivity index (χ2n) is 6.33. The molecule has 1 atom stereocenters. The van der Waals surface area contributed by atoms with Crippen molar-refractivity contribution in [2.24, 2.45) is 0 Å². The highest BCUT2D eigenvalue weighted by atomic mass is 15.6. The lowest BCUT2D eigenvalue weighted by Gasteiger charge is -2.30. The fourth-order valence-corrected chi connectivity index (χ4v) is 2.81. The van der Waals surface area contributed by atoms with Gasteiger partial charge >= 0.3 is 0 Å². The molecule has 1 N–H and O–H groups in total. The summed E-state index contributed by atoms with van der Waals surface area (Å²) >= 11 is 0. The standard InChI is InChI=1S/C19H23N5/c1-5-19(4,20-16-12-8-6-10-14(16)2)18-21-22-23-24(18)17-13-9-7-11-15(17)3/h6-13,20H,5H2,1-4H3/t19-/m0/s1. The Bertz CT molecular complexity index is 839. The van der Waals surface area contributed by atoms with Gasteiger partial charge in [0.1, 0.15) is 0 Å². The maximum absolute atomic E-state index is 4.34. The van der Waals surface area contributed by atoms with Gasteiger partial charge in [-0.05, 0) is 60.9 Å². The number of hydrogen-bond acceptors (Lipinski definition) is 4. The van der Waals surface area contributed by atoms with Gasteiger partial charge in [0.15, 0.2) is 5.82 Å². The first-order valence-corrected chi connectivity index (χ1v) is 8.24. The molecule has 0 amide bonds. The fourth-order valence-electron chi connectivity index (χ4n) is 2.81. The smallest absolute Gasteiger partial charge is 0.181 e. The van der Waals surface area contributed by atoms with E-state index >= 15 is 0 Å². The molecule has 0 bridgehead atoms. The maximum atomic E-state index is 4.34. The molecule has 0 aliphatic rings. The summed E-state index contributed by atoms with van der Waals surface area (Å²) in [5.74, 6) is 0.808. The van der Waals surface area contributed by atoms with Gasteiger partial charge in [-0.2, -0.15) is 4.68 Å². The Labute approximate surface area is 142 Å². The molecule has 0 unspecified atom stereocenters. The summed E-state index contributed by atoms with van der Waals surface area (Å²) in [6, 6.07) is 16.4. The predicted molar refractivity (Wildman–Crippen MR) is 96.3 cm³/mol. The third kappa shape index (κ3) is 2.89. The van der Waals surface area contributed by atoms with Crippen molar-refractivity contribution in [2.45, 2.75) is 39.7 Å². The number of aryl methyl sites for hydroxylation is 2. The second kappa shape index (κ2) is 6.43. The number of hydrogen-bond donors (Lipinski definition) is 1. The lowest BCUT2D eigenvalue weighted by Crippen LogP contribution is -2.35. The number of aromatic nitrogens is 4. The fraction of sp³-hybridized carbons (Fsp3) is 0.316. The zero-order chi connectivity index (χ0) is 17.2. The van der Waals surface area contributed by atoms with Crippen LogP contribution in [0.5, 0.6) is 0 Å².